The number of rotatable bonds is 4. The summed E-state index contributed by atoms with van der Waals surface area (Å²) in [5, 5.41) is -0.639. The van der Waals surface area contributed by atoms with E-state index in [4.69, 9.17) is 16.3 Å². The van der Waals surface area contributed by atoms with E-state index in [9.17, 15) is 9.59 Å². The van der Waals surface area contributed by atoms with Gasteiger partial charge in [0.15, 0.2) is 5.78 Å². The summed E-state index contributed by atoms with van der Waals surface area (Å²) in [5.74, 6) is 0.342. The van der Waals surface area contributed by atoms with Gasteiger partial charge in [-0.15, -0.1) is 0 Å². The Balaban J connectivity index is 2.56. The lowest BCUT2D eigenvalue weighted by molar-refractivity contribution is 0.102. The number of carbonyl (C=O) groups excluding carboxylic acids is 2. The Morgan fingerprint density at radius 2 is 1.80 bits per heavy atom. The van der Waals surface area contributed by atoms with E-state index in [2.05, 4.69) is 0 Å². The van der Waals surface area contributed by atoms with Crippen molar-refractivity contribution in [1.82, 2.24) is 0 Å². The van der Waals surface area contributed by atoms with Crippen LogP contribution in [0.4, 0.5) is 0 Å². The summed E-state index contributed by atoms with van der Waals surface area (Å²) in [6.07, 6.45) is 0. The number of ketones is 1. The first-order valence-electron chi connectivity index (χ1n) is 6.02. The average Bonchev–Trinajstić information content (AvgIpc) is 2.46. The highest BCUT2D eigenvalue weighted by Gasteiger charge is 2.19. The molecule has 2 aromatic rings. The zero-order valence-electron chi connectivity index (χ0n) is 11.1. The standard InChI is InChI=1S/C16H13ClO3/c1-10-5-3-8-13(16(17)19)14(10)15(18)11-6-4-7-12(9-11)20-2/h3-9H,1-2H3. The van der Waals surface area contributed by atoms with E-state index < -0.39 is 5.24 Å². The van der Waals surface area contributed by atoms with Gasteiger partial charge in [0.2, 0.25) is 0 Å². The van der Waals surface area contributed by atoms with Gasteiger partial charge in [-0.1, -0.05) is 24.3 Å². The molecule has 0 amide bonds. The molecular weight excluding hydrogens is 276 g/mol. The largest absolute Gasteiger partial charge is 0.497 e. The van der Waals surface area contributed by atoms with Crippen molar-refractivity contribution in [1.29, 1.82) is 0 Å². The van der Waals surface area contributed by atoms with E-state index in [0.29, 0.717) is 22.4 Å². The van der Waals surface area contributed by atoms with Crippen molar-refractivity contribution >= 4 is 22.6 Å². The summed E-state index contributed by atoms with van der Waals surface area (Å²) in [7, 11) is 1.53. The molecule has 0 aliphatic rings. The summed E-state index contributed by atoms with van der Waals surface area (Å²) >= 11 is 5.55. The highest BCUT2D eigenvalue weighted by Crippen LogP contribution is 2.22. The normalized spacial score (nSPS) is 10.2. The van der Waals surface area contributed by atoms with Crippen LogP contribution in [0.3, 0.4) is 0 Å². The number of methoxy groups -OCH3 is 1. The minimum Gasteiger partial charge on any atom is -0.497 e. The van der Waals surface area contributed by atoms with Gasteiger partial charge in [-0.3, -0.25) is 9.59 Å². The van der Waals surface area contributed by atoms with Gasteiger partial charge in [-0.05, 0) is 42.3 Å². The van der Waals surface area contributed by atoms with Crippen molar-refractivity contribution in [3.05, 3.63) is 64.7 Å². The minimum absolute atomic E-state index is 0.222. The molecule has 0 bridgehead atoms. The maximum absolute atomic E-state index is 12.6. The Hall–Kier alpha value is -2.13. The monoisotopic (exact) mass is 288 g/mol. The molecule has 4 heteroatoms. The SMILES string of the molecule is COc1cccc(C(=O)c2c(C)cccc2C(=O)Cl)c1. The molecule has 0 saturated carbocycles. The van der Waals surface area contributed by atoms with E-state index in [-0.39, 0.29) is 11.3 Å². The molecule has 2 rings (SSSR count). The zero-order chi connectivity index (χ0) is 14.7. The number of ether oxygens (including phenoxy) is 1. The molecule has 0 heterocycles. The predicted molar refractivity (Wildman–Crippen MR) is 77.8 cm³/mol. The van der Waals surface area contributed by atoms with Crippen LogP contribution >= 0.6 is 11.6 Å². The van der Waals surface area contributed by atoms with Gasteiger partial charge < -0.3 is 4.74 Å². The second-order valence-electron chi connectivity index (χ2n) is 4.33. The van der Waals surface area contributed by atoms with Crippen LogP contribution in [-0.4, -0.2) is 18.1 Å². The van der Waals surface area contributed by atoms with Crippen LogP contribution in [0, 0.1) is 6.92 Å². The quantitative estimate of drug-likeness (QED) is 0.637. The van der Waals surface area contributed by atoms with Crippen molar-refractivity contribution in [3.63, 3.8) is 0 Å². The maximum atomic E-state index is 12.6. The van der Waals surface area contributed by atoms with Gasteiger partial charge in [0.25, 0.3) is 5.24 Å². The van der Waals surface area contributed by atoms with Crippen LogP contribution < -0.4 is 4.74 Å². The number of hydrogen-bond donors (Lipinski definition) is 0. The Morgan fingerprint density at radius 1 is 1.10 bits per heavy atom. The number of carbonyl (C=O) groups is 2. The molecule has 0 aliphatic heterocycles. The van der Waals surface area contributed by atoms with Crippen molar-refractivity contribution in [2.45, 2.75) is 6.92 Å². The fourth-order valence-electron chi connectivity index (χ4n) is 2.04. The lowest BCUT2D eigenvalue weighted by atomic mass is 9.94. The lowest BCUT2D eigenvalue weighted by Crippen LogP contribution is -2.09. The summed E-state index contributed by atoms with van der Waals surface area (Å²) in [4.78, 5) is 24.1. The van der Waals surface area contributed by atoms with Gasteiger partial charge >= 0.3 is 0 Å². The first-order chi connectivity index (χ1) is 9.54. The highest BCUT2D eigenvalue weighted by molar-refractivity contribution is 6.68. The van der Waals surface area contributed by atoms with E-state index in [1.54, 1.807) is 49.4 Å². The molecule has 0 radical (unpaired) electrons. The summed E-state index contributed by atoms with van der Waals surface area (Å²) in [5.41, 5.74) is 1.72. The topological polar surface area (TPSA) is 43.4 Å². The van der Waals surface area contributed by atoms with Crippen LogP contribution in [0.15, 0.2) is 42.5 Å². The molecule has 0 N–H and O–H groups in total. The van der Waals surface area contributed by atoms with Crippen LogP contribution in [0.1, 0.15) is 31.8 Å². The number of halogens is 1. The third-order valence-electron chi connectivity index (χ3n) is 3.04. The van der Waals surface area contributed by atoms with Gasteiger partial charge in [-0.2, -0.15) is 0 Å². The second-order valence-corrected chi connectivity index (χ2v) is 4.68. The Bertz CT molecular complexity index is 677. The van der Waals surface area contributed by atoms with Gasteiger partial charge in [0, 0.05) is 16.7 Å². The summed E-state index contributed by atoms with van der Waals surface area (Å²) < 4.78 is 5.10. The molecule has 3 nitrogen and oxygen atoms in total. The Kier molecular flexibility index (Phi) is 4.20. The second kappa shape index (κ2) is 5.88. The van der Waals surface area contributed by atoms with Crippen molar-refractivity contribution in [2.75, 3.05) is 7.11 Å². The maximum Gasteiger partial charge on any atom is 0.253 e. The predicted octanol–water partition coefficient (Wildman–Crippen LogP) is 3.61. The summed E-state index contributed by atoms with van der Waals surface area (Å²) in [6, 6.07) is 11.8. The molecule has 0 spiro atoms. The number of benzene rings is 2. The Morgan fingerprint density at radius 3 is 2.45 bits per heavy atom. The lowest BCUT2D eigenvalue weighted by Gasteiger charge is -2.09. The van der Waals surface area contributed by atoms with Crippen molar-refractivity contribution < 1.29 is 14.3 Å². The van der Waals surface area contributed by atoms with E-state index in [1.165, 1.54) is 7.11 Å². The fourth-order valence-corrected chi connectivity index (χ4v) is 2.20. The van der Waals surface area contributed by atoms with E-state index >= 15 is 0 Å². The molecule has 0 atom stereocenters. The van der Waals surface area contributed by atoms with Crippen LogP contribution in [0.5, 0.6) is 5.75 Å². The number of aryl methyl sites for hydroxylation is 1. The molecule has 0 aromatic heterocycles. The molecule has 0 unspecified atom stereocenters. The van der Waals surface area contributed by atoms with Crippen molar-refractivity contribution in [3.8, 4) is 5.75 Å². The number of hydrogen-bond acceptors (Lipinski definition) is 3. The van der Waals surface area contributed by atoms with Gasteiger partial charge in [-0.25, -0.2) is 0 Å². The first-order valence-corrected chi connectivity index (χ1v) is 6.40. The minimum atomic E-state index is -0.639. The van der Waals surface area contributed by atoms with Crippen LogP contribution in [0.2, 0.25) is 0 Å². The Labute approximate surface area is 122 Å². The first kappa shape index (κ1) is 14.3. The molecular formula is C16H13ClO3. The highest BCUT2D eigenvalue weighted by atomic mass is 35.5. The van der Waals surface area contributed by atoms with Crippen molar-refractivity contribution in [2.24, 2.45) is 0 Å². The van der Waals surface area contributed by atoms with Crippen LogP contribution in [-0.2, 0) is 0 Å². The third kappa shape index (κ3) is 2.73. The molecule has 2 aromatic carbocycles. The van der Waals surface area contributed by atoms with Crippen LogP contribution in [0.25, 0.3) is 0 Å². The van der Waals surface area contributed by atoms with E-state index in [0.717, 1.165) is 0 Å². The molecule has 0 saturated heterocycles. The smallest absolute Gasteiger partial charge is 0.253 e. The molecule has 20 heavy (non-hydrogen) atoms. The average molecular weight is 289 g/mol. The third-order valence-corrected chi connectivity index (χ3v) is 3.25. The fraction of sp³-hybridized carbons (Fsp3) is 0.125. The summed E-state index contributed by atoms with van der Waals surface area (Å²) in [6.45, 7) is 1.77. The van der Waals surface area contributed by atoms with Gasteiger partial charge in [0.1, 0.15) is 5.75 Å². The molecule has 102 valence electrons. The van der Waals surface area contributed by atoms with E-state index in [1.807, 2.05) is 0 Å². The molecule has 0 fully saturated rings. The molecule has 0 aliphatic carbocycles. The van der Waals surface area contributed by atoms with Gasteiger partial charge in [0.05, 0.1) is 7.11 Å². The zero-order valence-corrected chi connectivity index (χ0v) is 11.9.